The van der Waals surface area contributed by atoms with Crippen molar-refractivity contribution in [3.05, 3.63) is 36.4 Å². The molecule has 4 nitrogen and oxygen atoms in total. The van der Waals surface area contributed by atoms with Gasteiger partial charge in [-0.15, -0.1) is 0 Å². The van der Waals surface area contributed by atoms with Crippen LogP contribution in [0.25, 0.3) is 0 Å². The van der Waals surface area contributed by atoms with Gasteiger partial charge in [0.1, 0.15) is 11.5 Å². The summed E-state index contributed by atoms with van der Waals surface area (Å²) in [5.41, 5.74) is 0.223. The third-order valence-corrected chi connectivity index (χ3v) is 1.95. The average molecular weight is 270 g/mol. The fourth-order valence-corrected chi connectivity index (χ4v) is 0.967. The Balaban J connectivity index is 2.70. The molecule has 0 heterocycles. The molecule has 0 radical (unpaired) electrons. The van der Waals surface area contributed by atoms with Gasteiger partial charge in [0.15, 0.2) is 0 Å². The third kappa shape index (κ3) is 4.50. The van der Waals surface area contributed by atoms with E-state index in [1.165, 1.54) is 31.2 Å². The molecular weight excluding hydrogens is 258 g/mol. The predicted octanol–water partition coefficient (Wildman–Crippen LogP) is 2.73. The molecule has 1 aromatic carbocycles. The van der Waals surface area contributed by atoms with Gasteiger partial charge in [0, 0.05) is 12.5 Å². The largest absolute Gasteiger partial charge is 0.423 e. The van der Waals surface area contributed by atoms with Crippen molar-refractivity contribution in [3.63, 3.8) is 0 Å². The number of carbonyl (C=O) groups excluding carboxylic acids is 2. The summed E-state index contributed by atoms with van der Waals surface area (Å²) in [5, 5.41) is 0. The smallest absolute Gasteiger partial charge is 0.382 e. The number of ether oxygens (including phenoxy) is 2. The van der Waals surface area contributed by atoms with Crippen molar-refractivity contribution in [2.24, 2.45) is 0 Å². The van der Waals surface area contributed by atoms with Crippen LogP contribution < -0.4 is 9.47 Å². The first-order chi connectivity index (χ1) is 8.70. The van der Waals surface area contributed by atoms with E-state index in [4.69, 9.17) is 4.74 Å². The summed E-state index contributed by atoms with van der Waals surface area (Å²) in [5.74, 6) is -5.70. The van der Waals surface area contributed by atoms with E-state index in [1.54, 1.807) is 0 Å². The molecule has 0 N–H and O–H groups in total. The molecule has 1 aromatic rings. The highest BCUT2D eigenvalue weighted by atomic mass is 19.3. The second kappa shape index (κ2) is 5.60. The molecule has 0 aliphatic carbocycles. The zero-order valence-electron chi connectivity index (χ0n) is 10.4. The first-order valence-corrected chi connectivity index (χ1v) is 5.28. The average Bonchev–Trinajstić information content (AvgIpc) is 2.30. The van der Waals surface area contributed by atoms with Gasteiger partial charge in [-0.25, -0.2) is 9.59 Å². The summed E-state index contributed by atoms with van der Waals surface area (Å²) in [6.07, 6.45) is 0. The number of alkyl halides is 2. The van der Waals surface area contributed by atoms with E-state index in [-0.39, 0.29) is 17.1 Å². The van der Waals surface area contributed by atoms with Gasteiger partial charge in [-0.05, 0) is 31.2 Å². The second-order valence-corrected chi connectivity index (χ2v) is 3.92. The molecule has 0 aliphatic rings. The number of benzene rings is 1. The summed E-state index contributed by atoms with van der Waals surface area (Å²) in [7, 11) is 0. The van der Waals surface area contributed by atoms with E-state index in [0.717, 1.165) is 0 Å². The third-order valence-electron chi connectivity index (χ3n) is 1.95. The van der Waals surface area contributed by atoms with Crippen molar-refractivity contribution < 1.29 is 27.8 Å². The Morgan fingerprint density at radius 2 is 1.53 bits per heavy atom. The summed E-state index contributed by atoms with van der Waals surface area (Å²) in [6, 6.07) is 5.11. The van der Waals surface area contributed by atoms with Crippen molar-refractivity contribution in [1.29, 1.82) is 0 Å². The van der Waals surface area contributed by atoms with Crippen molar-refractivity contribution in [2.45, 2.75) is 19.8 Å². The van der Waals surface area contributed by atoms with Crippen LogP contribution in [0.3, 0.4) is 0 Å². The molecule has 0 fully saturated rings. The monoisotopic (exact) mass is 270 g/mol. The van der Waals surface area contributed by atoms with Crippen LogP contribution in [-0.2, 0) is 9.59 Å². The minimum absolute atomic E-state index is 0.0679. The maximum atomic E-state index is 12.6. The lowest BCUT2D eigenvalue weighted by molar-refractivity contribution is -0.158. The Bertz CT molecular complexity index is 500. The molecule has 0 aliphatic heterocycles. The molecule has 0 saturated carbocycles. The summed E-state index contributed by atoms with van der Waals surface area (Å²) in [6.45, 7) is 5.34. The Labute approximate surface area is 108 Å². The quantitative estimate of drug-likeness (QED) is 0.479. The van der Waals surface area contributed by atoms with E-state index in [9.17, 15) is 18.4 Å². The fourth-order valence-electron chi connectivity index (χ4n) is 0.967. The molecular formula is C13H12F2O4. The van der Waals surface area contributed by atoms with Gasteiger partial charge in [0.25, 0.3) is 0 Å². The van der Waals surface area contributed by atoms with Crippen LogP contribution in [0, 0.1) is 0 Å². The normalized spacial score (nSPS) is 10.7. The summed E-state index contributed by atoms with van der Waals surface area (Å²) >= 11 is 0. The van der Waals surface area contributed by atoms with E-state index in [0.29, 0.717) is 6.92 Å². The molecule has 19 heavy (non-hydrogen) atoms. The Hall–Kier alpha value is -2.24. The van der Waals surface area contributed by atoms with Gasteiger partial charge >= 0.3 is 17.9 Å². The lowest BCUT2D eigenvalue weighted by Crippen LogP contribution is -2.29. The molecule has 0 spiro atoms. The standard InChI is InChI=1S/C13H12F2O4/c1-8(2)11(16)18-9-4-6-10(7-5-9)19-12(17)13(3,14)15/h4-7H,1H2,2-3H3. The molecule has 0 bridgehead atoms. The van der Waals surface area contributed by atoms with Gasteiger partial charge < -0.3 is 9.47 Å². The predicted molar refractivity (Wildman–Crippen MR) is 63.1 cm³/mol. The second-order valence-electron chi connectivity index (χ2n) is 3.92. The van der Waals surface area contributed by atoms with Crippen LogP contribution in [0.2, 0.25) is 0 Å². The Morgan fingerprint density at radius 3 is 1.89 bits per heavy atom. The first-order valence-electron chi connectivity index (χ1n) is 5.28. The van der Waals surface area contributed by atoms with Gasteiger partial charge in [-0.2, -0.15) is 8.78 Å². The van der Waals surface area contributed by atoms with E-state index < -0.39 is 17.9 Å². The first kappa shape index (κ1) is 14.8. The number of hydrogen-bond donors (Lipinski definition) is 0. The molecule has 6 heteroatoms. The van der Waals surface area contributed by atoms with Crippen LogP contribution in [0.5, 0.6) is 11.5 Å². The minimum Gasteiger partial charge on any atom is -0.423 e. The zero-order chi connectivity index (χ0) is 14.6. The Morgan fingerprint density at radius 1 is 1.11 bits per heavy atom. The van der Waals surface area contributed by atoms with Crippen molar-refractivity contribution >= 4 is 11.9 Å². The highest BCUT2D eigenvalue weighted by Crippen LogP contribution is 2.21. The van der Waals surface area contributed by atoms with Crippen LogP contribution in [0.1, 0.15) is 13.8 Å². The fraction of sp³-hybridized carbons (Fsp3) is 0.231. The molecule has 1 rings (SSSR count). The van der Waals surface area contributed by atoms with Crippen LogP contribution in [0.15, 0.2) is 36.4 Å². The van der Waals surface area contributed by atoms with Crippen LogP contribution in [0.4, 0.5) is 8.78 Å². The molecule has 102 valence electrons. The van der Waals surface area contributed by atoms with Crippen LogP contribution in [-0.4, -0.2) is 17.9 Å². The van der Waals surface area contributed by atoms with Crippen molar-refractivity contribution in [3.8, 4) is 11.5 Å². The number of esters is 2. The molecule has 0 atom stereocenters. The highest BCUT2D eigenvalue weighted by molar-refractivity contribution is 5.88. The van der Waals surface area contributed by atoms with E-state index in [2.05, 4.69) is 11.3 Å². The number of carbonyl (C=O) groups is 2. The van der Waals surface area contributed by atoms with Gasteiger partial charge in [-0.1, -0.05) is 6.58 Å². The molecule has 0 unspecified atom stereocenters. The topological polar surface area (TPSA) is 52.6 Å². The maximum absolute atomic E-state index is 12.6. The zero-order valence-corrected chi connectivity index (χ0v) is 10.4. The van der Waals surface area contributed by atoms with E-state index >= 15 is 0 Å². The minimum atomic E-state index is -3.56. The molecule has 0 aromatic heterocycles. The number of halogens is 2. The van der Waals surface area contributed by atoms with Crippen LogP contribution >= 0.6 is 0 Å². The van der Waals surface area contributed by atoms with Crippen molar-refractivity contribution in [1.82, 2.24) is 0 Å². The van der Waals surface area contributed by atoms with Gasteiger partial charge in [0.2, 0.25) is 0 Å². The van der Waals surface area contributed by atoms with Gasteiger partial charge in [0.05, 0.1) is 0 Å². The molecule has 0 amide bonds. The van der Waals surface area contributed by atoms with E-state index in [1.807, 2.05) is 0 Å². The lowest BCUT2D eigenvalue weighted by atomic mass is 10.3. The maximum Gasteiger partial charge on any atom is 0.382 e. The van der Waals surface area contributed by atoms with Gasteiger partial charge in [-0.3, -0.25) is 0 Å². The summed E-state index contributed by atoms with van der Waals surface area (Å²) in [4.78, 5) is 22.1. The molecule has 0 saturated heterocycles. The number of hydrogen-bond acceptors (Lipinski definition) is 4. The summed E-state index contributed by atoms with van der Waals surface area (Å²) < 4.78 is 34.5. The number of rotatable bonds is 4. The SMILES string of the molecule is C=C(C)C(=O)Oc1ccc(OC(=O)C(C)(F)F)cc1. The lowest BCUT2D eigenvalue weighted by Gasteiger charge is -2.10. The highest BCUT2D eigenvalue weighted by Gasteiger charge is 2.34. The Kier molecular flexibility index (Phi) is 4.37. The van der Waals surface area contributed by atoms with Crippen molar-refractivity contribution in [2.75, 3.05) is 0 Å².